The molecule has 4 rings (SSSR count). The van der Waals surface area contributed by atoms with Crippen molar-refractivity contribution in [3.8, 4) is 0 Å². The lowest BCUT2D eigenvalue weighted by atomic mass is 9.98. The number of hydrogen-bond donors (Lipinski definition) is 0. The Kier molecular flexibility index (Phi) is 5.95. The fourth-order valence-electron chi connectivity index (χ4n) is 4.28. The number of rotatable bonds is 5. The number of nitrogens with zero attached hydrogens (tertiary/aromatic N) is 2. The van der Waals surface area contributed by atoms with E-state index in [1.165, 1.54) is 16.0 Å². The number of hydrogen-bond acceptors (Lipinski definition) is 4. The number of fused-ring (bicyclic) bond motifs is 1. The van der Waals surface area contributed by atoms with Crippen LogP contribution in [0.25, 0.3) is 10.2 Å². The van der Waals surface area contributed by atoms with Crippen LogP contribution >= 0.6 is 11.3 Å². The summed E-state index contributed by atoms with van der Waals surface area (Å²) in [6.45, 7) is 8.12. The SMILES string of the molecule is CCOC(=O)C1CCCN(C(=O)c2cc3sc(C)cc3n2Cc2cccc(C)c2)C1. The predicted octanol–water partition coefficient (Wildman–Crippen LogP) is 4.78. The van der Waals surface area contributed by atoms with Crippen molar-refractivity contribution in [2.45, 2.75) is 40.2 Å². The van der Waals surface area contributed by atoms with Crippen molar-refractivity contribution >= 4 is 33.4 Å². The monoisotopic (exact) mass is 424 g/mol. The lowest BCUT2D eigenvalue weighted by Gasteiger charge is -2.31. The number of amides is 1. The van der Waals surface area contributed by atoms with E-state index < -0.39 is 0 Å². The molecule has 0 radical (unpaired) electrons. The van der Waals surface area contributed by atoms with E-state index in [4.69, 9.17) is 4.74 Å². The Morgan fingerprint density at radius 3 is 2.80 bits per heavy atom. The predicted molar refractivity (Wildman–Crippen MR) is 120 cm³/mol. The molecule has 2 aromatic heterocycles. The highest BCUT2D eigenvalue weighted by molar-refractivity contribution is 7.19. The third-order valence-corrected chi connectivity index (χ3v) is 6.67. The Morgan fingerprint density at radius 2 is 2.03 bits per heavy atom. The Labute approximate surface area is 181 Å². The van der Waals surface area contributed by atoms with Gasteiger partial charge >= 0.3 is 5.97 Å². The van der Waals surface area contributed by atoms with E-state index in [0.29, 0.717) is 31.9 Å². The molecule has 1 aliphatic rings. The standard InChI is InChI=1S/C24H28N2O3S/c1-4-29-24(28)19-9-6-10-25(15-19)23(27)21-13-22-20(12-17(3)30-22)26(21)14-18-8-5-7-16(2)11-18/h5,7-8,11-13,19H,4,6,9-10,14-15H2,1-3H3. The number of carbonyl (C=O) groups excluding carboxylic acids is 2. The van der Waals surface area contributed by atoms with E-state index in [1.54, 1.807) is 11.3 Å². The first-order valence-electron chi connectivity index (χ1n) is 10.6. The van der Waals surface area contributed by atoms with Gasteiger partial charge in [-0.15, -0.1) is 11.3 Å². The molecule has 0 spiro atoms. The van der Waals surface area contributed by atoms with Gasteiger partial charge in [0.25, 0.3) is 5.91 Å². The summed E-state index contributed by atoms with van der Waals surface area (Å²) in [6.07, 6.45) is 1.60. The molecule has 1 saturated heterocycles. The van der Waals surface area contributed by atoms with Crippen LogP contribution in [0, 0.1) is 19.8 Å². The first-order chi connectivity index (χ1) is 14.5. The lowest BCUT2D eigenvalue weighted by Crippen LogP contribution is -2.43. The summed E-state index contributed by atoms with van der Waals surface area (Å²) >= 11 is 1.71. The molecule has 158 valence electrons. The second-order valence-electron chi connectivity index (χ2n) is 8.05. The summed E-state index contributed by atoms with van der Waals surface area (Å²) in [7, 11) is 0. The first kappa shape index (κ1) is 20.7. The zero-order valence-corrected chi connectivity index (χ0v) is 18.6. The van der Waals surface area contributed by atoms with E-state index in [2.05, 4.69) is 48.7 Å². The van der Waals surface area contributed by atoms with Crippen LogP contribution in [0.4, 0.5) is 0 Å². The van der Waals surface area contributed by atoms with Gasteiger partial charge in [0.2, 0.25) is 0 Å². The number of likely N-dealkylation sites (tertiary alicyclic amines) is 1. The zero-order chi connectivity index (χ0) is 21.3. The molecule has 0 N–H and O–H groups in total. The quantitative estimate of drug-likeness (QED) is 0.554. The van der Waals surface area contributed by atoms with Gasteiger partial charge in [0.05, 0.1) is 22.7 Å². The van der Waals surface area contributed by atoms with E-state index in [9.17, 15) is 9.59 Å². The molecule has 0 bridgehead atoms. The van der Waals surface area contributed by atoms with Gasteiger partial charge in [0.15, 0.2) is 0 Å². The smallest absolute Gasteiger partial charge is 0.310 e. The highest BCUT2D eigenvalue weighted by Gasteiger charge is 2.31. The van der Waals surface area contributed by atoms with Crippen molar-refractivity contribution in [1.29, 1.82) is 0 Å². The molecule has 0 aliphatic carbocycles. The van der Waals surface area contributed by atoms with E-state index >= 15 is 0 Å². The Morgan fingerprint density at radius 1 is 1.20 bits per heavy atom. The van der Waals surface area contributed by atoms with Crippen LogP contribution in [0.3, 0.4) is 0 Å². The van der Waals surface area contributed by atoms with Crippen LogP contribution in [0.15, 0.2) is 36.4 Å². The molecule has 1 fully saturated rings. The maximum absolute atomic E-state index is 13.5. The van der Waals surface area contributed by atoms with Crippen molar-refractivity contribution < 1.29 is 14.3 Å². The maximum Gasteiger partial charge on any atom is 0.310 e. The Bertz CT molecular complexity index is 1080. The molecular formula is C24H28N2O3S. The molecule has 3 heterocycles. The second kappa shape index (κ2) is 8.64. The lowest BCUT2D eigenvalue weighted by molar-refractivity contribution is -0.149. The number of benzene rings is 1. The summed E-state index contributed by atoms with van der Waals surface area (Å²) in [5.74, 6) is -0.425. The van der Waals surface area contributed by atoms with Crippen molar-refractivity contribution in [1.82, 2.24) is 9.47 Å². The minimum Gasteiger partial charge on any atom is -0.466 e. The second-order valence-corrected chi connectivity index (χ2v) is 9.34. The highest BCUT2D eigenvalue weighted by Crippen LogP contribution is 2.31. The van der Waals surface area contributed by atoms with E-state index in [-0.39, 0.29) is 17.8 Å². The topological polar surface area (TPSA) is 51.5 Å². The average molecular weight is 425 g/mol. The zero-order valence-electron chi connectivity index (χ0n) is 17.8. The number of esters is 1. The average Bonchev–Trinajstić information content (AvgIpc) is 3.25. The highest BCUT2D eigenvalue weighted by atomic mass is 32.1. The van der Waals surface area contributed by atoms with Crippen molar-refractivity contribution in [3.63, 3.8) is 0 Å². The largest absolute Gasteiger partial charge is 0.466 e. The molecule has 1 aromatic carbocycles. The Hall–Kier alpha value is -2.60. The molecule has 30 heavy (non-hydrogen) atoms. The number of ether oxygens (including phenoxy) is 1. The van der Waals surface area contributed by atoms with Gasteiger partial charge in [-0.2, -0.15) is 0 Å². The molecular weight excluding hydrogens is 396 g/mol. The third kappa shape index (κ3) is 4.15. The van der Waals surface area contributed by atoms with Gasteiger partial charge < -0.3 is 14.2 Å². The van der Waals surface area contributed by atoms with Gasteiger partial charge in [0.1, 0.15) is 5.69 Å². The van der Waals surface area contributed by atoms with Crippen LogP contribution in [-0.4, -0.2) is 41.0 Å². The number of aryl methyl sites for hydroxylation is 2. The fraction of sp³-hybridized carbons (Fsp3) is 0.417. The van der Waals surface area contributed by atoms with Gasteiger partial charge in [-0.1, -0.05) is 29.8 Å². The van der Waals surface area contributed by atoms with Crippen LogP contribution in [-0.2, 0) is 16.1 Å². The summed E-state index contributed by atoms with van der Waals surface area (Å²) < 4.78 is 8.45. The van der Waals surface area contributed by atoms with Gasteiger partial charge in [-0.25, -0.2) is 0 Å². The van der Waals surface area contributed by atoms with Gasteiger partial charge in [0, 0.05) is 24.5 Å². The Balaban J connectivity index is 1.65. The minimum atomic E-state index is -0.230. The molecule has 1 unspecified atom stereocenters. The fourth-order valence-corrected chi connectivity index (χ4v) is 5.24. The third-order valence-electron chi connectivity index (χ3n) is 5.68. The molecule has 1 amide bonds. The molecule has 1 aliphatic heterocycles. The normalized spacial score (nSPS) is 16.8. The van der Waals surface area contributed by atoms with Gasteiger partial charge in [-0.3, -0.25) is 9.59 Å². The van der Waals surface area contributed by atoms with Gasteiger partial charge in [-0.05, 0) is 51.3 Å². The molecule has 1 atom stereocenters. The number of piperidine rings is 1. The minimum absolute atomic E-state index is 0.00213. The van der Waals surface area contributed by atoms with Crippen molar-refractivity contribution in [3.05, 3.63) is 58.1 Å². The van der Waals surface area contributed by atoms with E-state index in [0.717, 1.165) is 23.1 Å². The summed E-state index contributed by atoms with van der Waals surface area (Å²) in [4.78, 5) is 28.8. The first-order valence-corrected chi connectivity index (χ1v) is 11.4. The number of aromatic nitrogens is 1. The summed E-state index contributed by atoms with van der Waals surface area (Å²) in [6, 6.07) is 12.6. The molecule has 3 aromatic rings. The number of carbonyl (C=O) groups is 2. The maximum atomic E-state index is 13.5. The van der Waals surface area contributed by atoms with E-state index in [1.807, 2.05) is 17.9 Å². The van der Waals surface area contributed by atoms with Crippen LogP contribution < -0.4 is 0 Å². The van der Waals surface area contributed by atoms with Crippen LogP contribution in [0.1, 0.15) is 46.3 Å². The molecule has 6 heteroatoms. The van der Waals surface area contributed by atoms with Crippen LogP contribution in [0.5, 0.6) is 0 Å². The van der Waals surface area contributed by atoms with Crippen LogP contribution in [0.2, 0.25) is 0 Å². The summed E-state index contributed by atoms with van der Waals surface area (Å²) in [5.41, 5.74) is 4.18. The summed E-state index contributed by atoms with van der Waals surface area (Å²) in [5, 5.41) is 0. The molecule has 0 saturated carbocycles. The number of thiophene rings is 1. The van der Waals surface area contributed by atoms with Crippen molar-refractivity contribution in [2.24, 2.45) is 5.92 Å². The van der Waals surface area contributed by atoms with Crippen molar-refractivity contribution in [2.75, 3.05) is 19.7 Å². The molecule has 5 nitrogen and oxygen atoms in total.